The van der Waals surface area contributed by atoms with E-state index in [0.717, 1.165) is 13.1 Å². The maximum atomic E-state index is 8.10. The molecule has 1 fully saturated rings. The van der Waals surface area contributed by atoms with Gasteiger partial charge in [0.25, 0.3) is 0 Å². The van der Waals surface area contributed by atoms with Gasteiger partial charge in [-0.05, 0) is 18.3 Å². The topological polar surface area (TPSA) is 36.3 Å². The number of methoxy groups -OCH3 is 1. The van der Waals surface area contributed by atoms with Gasteiger partial charge in [-0.3, -0.25) is 5.41 Å². The Bertz CT molecular complexity index is 202. The summed E-state index contributed by atoms with van der Waals surface area (Å²) in [4.78, 5) is 2.14. The molecule has 1 rings (SSSR count). The highest BCUT2D eigenvalue weighted by molar-refractivity contribution is 5.84. The summed E-state index contributed by atoms with van der Waals surface area (Å²) in [7, 11) is 1.69. The standard InChI is InChI=1S/C11H22N2O/c1-11(2,3)9(14-4)10(12)13-7-5-6-8-13/h9,12H,5-8H2,1-4H3. The monoisotopic (exact) mass is 198 g/mol. The van der Waals surface area contributed by atoms with Crippen molar-refractivity contribution in [3.8, 4) is 0 Å². The zero-order valence-electron chi connectivity index (χ0n) is 9.76. The van der Waals surface area contributed by atoms with Gasteiger partial charge in [0.15, 0.2) is 0 Å². The maximum absolute atomic E-state index is 8.10. The van der Waals surface area contributed by atoms with Gasteiger partial charge in [0.1, 0.15) is 11.9 Å². The molecule has 1 N–H and O–H groups in total. The Balaban J connectivity index is 2.64. The molecule has 0 aliphatic carbocycles. The van der Waals surface area contributed by atoms with Crippen molar-refractivity contribution < 1.29 is 4.74 Å². The molecule has 82 valence electrons. The van der Waals surface area contributed by atoms with Crippen LogP contribution in [0.1, 0.15) is 33.6 Å². The van der Waals surface area contributed by atoms with Gasteiger partial charge < -0.3 is 9.64 Å². The van der Waals surface area contributed by atoms with Crippen LogP contribution in [-0.4, -0.2) is 37.0 Å². The molecule has 0 radical (unpaired) electrons. The van der Waals surface area contributed by atoms with Gasteiger partial charge in [-0.2, -0.15) is 0 Å². The molecule has 14 heavy (non-hydrogen) atoms. The highest BCUT2D eigenvalue weighted by Crippen LogP contribution is 2.25. The lowest BCUT2D eigenvalue weighted by molar-refractivity contribution is 0.0588. The minimum Gasteiger partial charge on any atom is -0.373 e. The summed E-state index contributed by atoms with van der Waals surface area (Å²) in [5.41, 5.74) is 0.00836. The summed E-state index contributed by atoms with van der Waals surface area (Å²) in [5.74, 6) is 0.650. The number of hydrogen-bond acceptors (Lipinski definition) is 2. The number of nitrogens with one attached hydrogen (secondary N) is 1. The predicted molar refractivity (Wildman–Crippen MR) is 58.8 cm³/mol. The first-order valence-electron chi connectivity index (χ1n) is 5.33. The third-order valence-electron chi connectivity index (χ3n) is 2.72. The first-order chi connectivity index (χ1) is 6.46. The Morgan fingerprint density at radius 2 is 1.79 bits per heavy atom. The van der Waals surface area contributed by atoms with Gasteiger partial charge in [0, 0.05) is 20.2 Å². The summed E-state index contributed by atoms with van der Waals surface area (Å²) >= 11 is 0. The number of ether oxygens (including phenoxy) is 1. The molecule has 1 atom stereocenters. The second-order valence-electron chi connectivity index (χ2n) is 5.06. The van der Waals surface area contributed by atoms with Crippen molar-refractivity contribution >= 4 is 5.84 Å². The lowest BCUT2D eigenvalue weighted by Crippen LogP contribution is -2.44. The van der Waals surface area contributed by atoms with E-state index in [9.17, 15) is 0 Å². The van der Waals surface area contributed by atoms with Crippen LogP contribution >= 0.6 is 0 Å². The molecular weight excluding hydrogens is 176 g/mol. The minimum atomic E-state index is -0.0828. The number of amidine groups is 1. The molecule has 0 aromatic heterocycles. The quantitative estimate of drug-likeness (QED) is 0.545. The van der Waals surface area contributed by atoms with Gasteiger partial charge in [0.05, 0.1) is 0 Å². The van der Waals surface area contributed by atoms with E-state index >= 15 is 0 Å². The molecule has 3 nitrogen and oxygen atoms in total. The summed E-state index contributed by atoms with van der Waals surface area (Å²) in [5, 5.41) is 8.10. The SMILES string of the molecule is COC(C(=N)N1CCCC1)C(C)(C)C. The highest BCUT2D eigenvalue weighted by atomic mass is 16.5. The Morgan fingerprint density at radius 1 is 1.29 bits per heavy atom. The van der Waals surface area contributed by atoms with Crippen molar-refractivity contribution in [1.29, 1.82) is 5.41 Å². The number of likely N-dealkylation sites (tertiary alicyclic amines) is 1. The fraction of sp³-hybridized carbons (Fsp3) is 0.909. The van der Waals surface area contributed by atoms with Crippen LogP contribution in [0.3, 0.4) is 0 Å². The molecule has 0 aromatic rings. The molecule has 1 saturated heterocycles. The zero-order valence-corrected chi connectivity index (χ0v) is 9.76. The first kappa shape index (κ1) is 11.5. The largest absolute Gasteiger partial charge is 0.373 e. The van der Waals surface area contributed by atoms with Crippen molar-refractivity contribution in [2.24, 2.45) is 5.41 Å². The van der Waals surface area contributed by atoms with Crippen molar-refractivity contribution in [2.75, 3.05) is 20.2 Å². The lowest BCUT2D eigenvalue weighted by Gasteiger charge is -2.33. The number of hydrogen-bond donors (Lipinski definition) is 1. The predicted octanol–water partition coefficient (Wildman–Crippen LogP) is 2.12. The van der Waals surface area contributed by atoms with Crippen LogP contribution in [0.5, 0.6) is 0 Å². The van der Waals surface area contributed by atoms with Crippen LogP contribution in [0, 0.1) is 10.8 Å². The van der Waals surface area contributed by atoms with Gasteiger partial charge in [0.2, 0.25) is 0 Å². The number of rotatable bonds is 2. The van der Waals surface area contributed by atoms with Gasteiger partial charge >= 0.3 is 0 Å². The van der Waals surface area contributed by atoms with Crippen LogP contribution < -0.4 is 0 Å². The summed E-state index contributed by atoms with van der Waals surface area (Å²) in [6.07, 6.45) is 2.34. The Kier molecular flexibility index (Phi) is 3.53. The Labute approximate surface area is 86.9 Å². The molecule has 1 heterocycles. The van der Waals surface area contributed by atoms with E-state index in [1.807, 2.05) is 0 Å². The molecule has 0 spiro atoms. The van der Waals surface area contributed by atoms with Crippen LogP contribution in [0.25, 0.3) is 0 Å². The average molecular weight is 198 g/mol. The Hall–Kier alpha value is -0.570. The van der Waals surface area contributed by atoms with Crippen LogP contribution in [0.15, 0.2) is 0 Å². The molecule has 1 aliphatic heterocycles. The van der Waals surface area contributed by atoms with E-state index in [-0.39, 0.29) is 11.5 Å². The minimum absolute atomic E-state index is 0.00836. The van der Waals surface area contributed by atoms with Crippen molar-refractivity contribution in [2.45, 2.75) is 39.7 Å². The van der Waals surface area contributed by atoms with Gasteiger partial charge in [-0.25, -0.2) is 0 Å². The molecule has 3 heteroatoms. The highest BCUT2D eigenvalue weighted by Gasteiger charge is 2.32. The molecule has 0 saturated carbocycles. The van der Waals surface area contributed by atoms with Crippen LogP contribution in [0.2, 0.25) is 0 Å². The third-order valence-corrected chi connectivity index (χ3v) is 2.72. The molecule has 0 amide bonds. The first-order valence-corrected chi connectivity index (χ1v) is 5.33. The van der Waals surface area contributed by atoms with E-state index in [2.05, 4.69) is 25.7 Å². The third kappa shape index (κ3) is 2.47. The van der Waals surface area contributed by atoms with Crippen LogP contribution in [-0.2, 0) is 4.74 Å². The lowest BCUT2D eigenvalue weighted by atomic mass is 9.88. The van der Waals surface area contributed by atoms with E-state index in [0.29, 0.717) is 5.84 Å². The molecule has 0 aromatic carbocycles. The fourth-order valence-corrected chi connectivity index (χ4v) is 2.00. The second-order valence-corrected chi connectivity index (χ2v) is 5.06. The fourth-order valence-electron chi connectivity index (χ4n) is 2.00. The molecule has 1 aliphatic rings. The van der Waals surface area contributed by atoms with E-state index < -0.39 is 0 Å². The second kappa shape index (κ2) is 4.30. The Morgan fingerprint density at radius 3 is 2.14 bits per heavy atom. The molecular formula is C11H22N2O. The van der Waals surface area contributed by atoms with Crippen molar-refractivity contribution in [1.82, 2.24) is 4.90 Å². The smallest absolute Gasteiger partial charge is 0.126 e. The van der Waals surface area contributed by atoms with Crippen molar-refractivity contribution in [3.05, 3.63) is 0 Å². The van der Waals surface area contributed by atoms with E-state index in [1.54, 1.807) is 7.11 Å². The van der Waals surface area contributed by atoms with Crippen molar-refractivity contribution in [3.63, 3.8) is 0 Å². The maximum Gasteiger partial charge on any atom is 0.126 e. The number of nitrogens with zero attached hydrogens (tertiary/aromatic N) is 1. The summed E-state index contributed by atoms with van der Waals surface area (Å²) in [6.45, 7) is 8.40. The van der Waals surface area contributed by atoms with Gasteiger partial charge in [-0.1, -0.05) is 20.8 Å². The van der Waals surface area contributed by atoms with Gasteiger partial charge in [-0.15, -0.1) is 0 Å². The molecule has 1 unspecified atom stereocenters. The average Bonchev–Trinajstić information content (AvgIpc) is 2.53. The normalized spacial score (nSPS) is 19.9. The van der Waals surface area contributed by atoms with Crippen LogP contribution in [0.4, 0.5) is 0 Å². The summed E-state index contributed by atoms with van der Waals surface area (Å²) < 4.78 is 5.42. The van der Waals surface area contributed by atoms with E-state index in [1.165, 1.54) is 12.8 Å². The zero-order chi connectivity index (χ0) is 10.8. The molecule has 0 bridgehead atoms. The van der Waals surface area contributed by atoms with E-state index in [4.69, 9.17) is 10.1 Å². The summed E-state index contributed by atoms with van der Waals surface area (Å²) in [6, 6.07) is 0.